The number of aromatic nitrogens is 4. The van der Waals surface area contributed by atoms with Crippen molar-refractivity contribution in [3.63, 3.8) is 0 Å². The number of rotatable bonds is 5. The van der Waals surface area contributed by atoms with Gasteiger partial charge in [0.05, 0.1) is 35.9 Å². The number of benzene rings is 1. The monoisotopic (exact) mass is 449 g/mol. The summed E-state index contributed by atoms with van der Waals surface area (Å²) in [7, 11) is 3.46. The van der Waals surface area contributed by atoms with Gasteiger partial charge in [0.15, 0.2) is 11.5 Å². The fraction of sp³-hybridized carbons (Fsp3) is 0.304. The average Bonchev–Trinajstić information content (AvgIpc) is 3.44. The van der Waals surface area contributed by atoms with E-state index >= 15 is 0 Å². The highest BCUT2D eigenvalue weighted by Crippen LogP contribution is 2.31. The zero-order chi connectivity index (χ0) is 23.1. The highest BCUT2D eigenvalue weighted by atomic mass is 19.1. The van der Waals surface area contributed by atoms with Gasteiger partial charge in [-0.2, -0.15) is 0 Å². The van der Waals surface area contributed by atoms with Gasteiger partial charge in [0.1, 0.15) is 11.0 Å². The van der Waals surface area contributed by atoms with Gasteiger partial charge in [-0.05, 0) is 32.5 Å². The second-order valence-electron chi connectivity index (χ2n) is 8.11. The van der Waals surface area contributed by atoms with E-state index in [4.69, 9.17) is 4.74 Å². The number of nitrogens with one attached hydrogen (secondary N) is 2. The Bertz CT molecular complexity index is 1370. The number of hydrogen-bond acceptors (Lipinski definition) is 7. The number of pyridine rings is 1. The Morgan fingerprint density at radius 3 is 2.85 bits per heavy atom. The van der Waals surface area contributed by atoms with Crippen LogP contribution in [0.5, 0.6) is 5.88 Å². The van der Waals surface area contributed by atoms with Gasteiger partial charge in [0.25, 0.3) is 5.91 Å². The van der Waals surface area contributed by atoms with E-state index in [0.29, 0.717) is 39.9 Å². The predicted octanol–water partition coefficient (Wildman–Crippen LogP) is 2.78. The Balaban J connectivity index is 1.53. The molecule has 170 valence electrons. The summed E-state index contributed by atoms with van der Waals surface area (Å²) in [6.07, 6.45) is 5.89. The van der Waals surface area contributed by atoms with Crippen molar-refractivity contribution in [1.82, 2.24) is 24.7 Å². The maximum atomic E-state index is 14.5. The van der Waals surface area contributed by atoms with Gasteiger partial charge in [0.2, 0.25) is 5.88 Å². The molecule has 9 nitrogen and oxygen atoms in total. The third-order valence-electron chi connectivity index (χ3n) is 5.93. The summed E-state index contributed by atoms with van der Waals surface area (Å²) in [6.45, 7) is 3.50. The molecule has 0 radical (unpaired) electrons. The molecule has 0 unspecified atom stereocenters. The molecule has 1 aromatic carbocycles. The fourth-order valence-corrected chi connectivity index (χ4v) is 4.27. The summed E-state index contributed by atoms with van der Waals surface area (Å²) in [4.78, 5) is 28.7. The summed E-state index contributed by atoms with van der Waals surface area (Å²) < 4.78 is 21.3. The van der Waals surface area contributed by atoms with Crippen molar-refractivity contribution >= 4 is 34.0 Å². The van der Waals surface area contributed by atoms with Crippen molar-refractivity contribution in [1.29, 1.82) is 0 Å². The lowest BCUT2D eigenvalue weighted by Gasteiger charge is -2.21. The van der Waals surface area contributed by atoms with Crippen LogP contribution >= 0.6 is 0 Å². The van der Waals surface area contributed by atoms with Gasteiger partial charge in [-0.1, -0.05) is 0 Å². The molecule has 5 rings (SSSR count). The smallest absolute Gasteiger partial charge is 0.257 e. The molecule has 33 heavy (non-hydrogen) atoms. The molecular weight excluding hydrogens is 425 g/mol. The minimum atomic E-state index is -0.518. The molecule has 4 heterocycles. The number of anilines is 2. The number of imidazole rings is 1. The number of fused-ring (bicyclic) bond motifs is 2. The van der Waals surface area contributed by atoms with Crippen LogP contribution in [0.3, 0.4) is 0 Å². The first-order chi connectivity index (χ1) is 16.0. The first kappa shape index (κ1) is 21.1. The summed E-state index contributed by atoms with van der Waals surface area (Å²) >= 11 is 0. The number of methoxy groups -OCH3 is 1. The minimum Gasteiger partial charge on any atom is -0.480 e. The Morgan fingerprint density at radius 1 is 1.24 bits per heavy atom. The predicted molar refractivity (Wildman–Crippen MR) is 124 cm³/mol. The SMILES string of the molecule is CN[C@H]1CCN(c2ccc(C(=O)Nc3cc(F)c4nc(C)cn4c3)c3nc(OC)cnc23)C1. The topological polar surface area (TPSA) is 96.7 Å². The number of halogens is 1. The molecule has 2 N–H and O–H groups in total. The molecule has 1 fully saturated rings. The molecule has 0 saturated carbocycles. The normalized spacial score (nSPS) is 16.0. The summed E-state index contributed by atoms with van der Waals surface area (Å²) in [5.74, 6) is -0.625. The molecule has 1 saturated heterocycles. The Labute approximate surface area is 189 Å². The molecule has 10 heteroatoms. The van der Waals surface area contributed by atoms with E-state index in [1.807, 2.05) is 13.1 Å². The van der Waals surface area contributed by atoms with Crippen LogP contribution in [-0.4, -0.2) is 58.5 Å². The summed E-state index contributed by atoms with van der Waals surface area (Å²) in [5.41, 5.74) is 3.49. The molecule has 3 aromatic heterocycles. The molecule has 0 bridgehead atoms. The van der Waals surface area contributed by atoms with Crippen LogP contribution in [0.2, 0.25) is 0 Å². The molecular formula is C23H24FN7O2. The van der Waals surface area contributed by atoms with Crippen LogP contribution in [-0.2, 0) is 0 Å². The van der Waals surface area contributed by atoms with Gasteiger partial charge >= 0.3 is 0 Å². The van der Waals surface area contributed by atoms with E-state index < -0.39 is 11.7 Å². The number of aryl methyl sites for hydroxylation is 1. The van der Waals surface area contributed by atoms with E-state index in [2.05, 4.69) is 30.5 Å². The number of carbonyl (C=O) groups is 1. The van der Waals surface area contributed by atoms with Crippen molar-refractivity contribution in [3.8, 4) is 5.88 Å². The lowest BCUT2D eigenvalue weighted by atomic mass is 10.1. The van der Waals surface area contributed by atoms with Gasteiger partial charge in [-0.3, -0.25) is 4.79 Å². The number of ether oxygens (including phenoxy) is 1. The second kappa shape index (κ2) is 8.28. The lowest BCUT2D eigenvalue weighted by molar-refractivity contribution is 0.102. The van der Waals surface area contributed by atoms with E-state index in [-0.39, 0.29) is 5.65 Å². The van der Waals surface area contributed by atoms with Gasteiger partial charge in [0, 0.05) is 37.6 Å². The zero-order valence-corrected chi connectivity index (χ0v) is 18.6. The number of nitrogens with zero attached hydrogens (tertiary/aromatic N) is 5. The van der Waals surface area contributed by atoms with Crippen LogP contribution in [0.15, 0.2) is 36.8 Å². The third-order valence-corrected chi connectivity index (χ3v) is 5.93. The maximum absolute atomic E-state index is 14.5. The van der Waals surface area contributed by atoms with Crippen LogP contribution in [0.4, 0.5) is 15.8 Å². The molecule has 1 amide bonds. The van der Waals surface area contributed by atoms with Crippen molar-refractivity contribution in [2.45, 2.75) is 19.4 Å². The third kappa shape index (κ3) is 3.82. The van der Waals surface area contributed by atoms with Crippen LogP contribution in [0, 0.1) is 12.7 Å². The van der Waals surface area contributed by atoms with E-state index in [0.717, 1.165) is 25.2 Å². The van der Waals surface area contributed by atoms with E-state index in [1.54, 1.807) is 36.0 Å². The van der Waals surface area contributed by atoms with Crippen molar-refractivity contribution in [3.05, 3.63) is 53.9 Å². The van der Waals surface area contributed by atoms with Crippen molar-refractivity contribution < 1.29 is 13.9 Å². The molecule has 4 aromatic rings. The first-order valence-corrected chi connectivity index (χ1v) is 10.7. The Hall–Kier alpha value is -3.79. The van der Waals surface area contributed by atoms with E-state index in [9.17, 15) is 9.18 Å². The Morgan fingerprint density at radius 2 is 2.09 bits per heavy atom. The minimum absolute atomic E-state index is 0.210. The second-order valence-corrected chi connectivity index (χ2v) is 8.11. The lowest BCUT2D eigenvalue weighted by Crippen LogP contribution is -2.29. The van der Waals surface area contributed by atoms with Crippen molar-refractivity contribution in [2.24, 2.45) is 0 Å². The van der Waals surface area contributed by atoms with Crippen molar-refractivity contribution in [2.75, 3.05) is 37.5 Å². The summed E-state index contributed by atoms with van der Waals surface area (Å²) in [6, 6.07) is 5.26. The quantitative estimate of drug-likeness (QED) is 0.484. The first-order valence-electron chi connectivity index (χ1n) is 10.7. The highest BCUT2D eigenvalue weighted by molar-refractivity contribution is 6.13. The fourth-order valence-electron chi connectivity index (χ4n) is 4.27. The molecule has 0 aliphatic carbocycles. The van der Waals surface area contributed by atoms with Gasteiger partial charge in [-0.15, -0.1) is 0 Å². The van der Waals surface area contributed by atoms with Crippen LogP contribution in [0.1, 0.15) is 22.5 Å². The highest BCUT2D eigenvalue weighted by Gasteiger charge is 2.25. The molecule has 0 spiro atoms. The standard InChI is InChI=1S/C23H24FN7O2/c1-13-10-31-12-15(8-17(24)22(31)27-13)28-23(32)16-4-5-18(30-7-6-14(11-30)25-2)21-20(16)29-19(33-3)9-26-21/h4-5,8-10,12,14,25H,6-7,11H2,1-3H3,(H,28,32)/t14-/m0/s1. The van der Waals surface area contributed by atoms with E-state index in [1.165, 1.54) is 13.2 Å². The maximum Gasteiger partial charge on any atom is 0.257 e. The molecule has 1 aliphatic rings. The Kier molecular flexibility index (Phi) is 5.29. The van der Waals surface area contributed by atoms with Gasteiger partial charge in [-0.25, -0.2) is 19.3 Å². The van der Waals surface area contributed by atoms with Crippen LogP contribution < -0.4 is 20.3 Å². The number of hydrogen-bond donors (Lipinski definition) is 2. The number of amides is 1. The zero-order valence-electron chi connectivity index (χ0n) is 18.6. The summed E-state index contributed by atoms with van der Waals surface area (Å²) in [5, 5.41) is 6.08. The molecule has 1 aliphatic heterocycles. The average molecular weight is 449 g/mol. The largest absolute Gasteiger partial charge is 0.480 e. The molecule has 1 atom stereocenters. The van der Waals surface area contributed by atoms with Crippen LogP contribution in [0.25, 0.3) is 16.7 Å². The van der Waals surface area contributed by atoms with Gasteiger partial charge < -0.3 is 24.7 Å². The number of carbonyl (C=O) groups excluding carboxylic acids is 1. The number of likely N-dealkylation sites (N-methyl/N-ethyl adjacent to an activating group) is 1.